The number of amides is 1. The Hall–Kier alpha value is -3.25. The Morgan fingerprint density at radius 3 is 2.79 bits per heavy atom. The maximum Gasteiger partial charge on any atom is 0.291 e. The average Bonchev–Trinajstić information content (AvgIpc) is 3.32. The number of nitrogens with one attached hydrogen (secondary N) is 1. The molecule has 2 heterocycles. The summed E-state index contributed by atoms with van der Waals surface area (Å²) in [6, 6.07) is 17.9. The fourth-order valence-electron chi connectivity index (χ4n) is 3.71. The van der Waals surface area contributed by atoms with E-state index in [1.165, 1.54) is 11.3 Å². The highest BCUT2D eigenvalue weighted by Gasteiger charge is 2.27. The van der Waals surface area contributed by atoms with Crippen LogP contribution in [-0.2, 0) is 13.0 Å². The molecule has 0 bridgehead atoms. The van der Waals surface area contributed by atoms with Crippen LogP contribution in [0.15, 0.2) is 65.3 Å². The zero-order valence-electron chi connectivity index (χ0n) is 16.4. The largest absolute Gasteiger partial charge is 0.492 e. The molecule has 1 aliphatic rings. The van der Waals surface area contributed by atoms with E-state index in [1.54, 1.807) is 30.5 Å². The maximum atomic E-state index is 12.8. The van der Waals surface area contributed by atoms with Crippen LogP contribution in [0.5, 0.6) is 5.75 Å². The van der Waals surface area contributed by atoms with Crippen LogP contribution >= 0.6 is 0 Å². The van der Waals surface area contributed by atoms with Crippen molar-refractivity contribution in [1.82, 2.24) is 0 Å². The van der Waals surface area contributed by atoms with Gasteiger partial charge in [0.15, 0.2) is 5.76 Å². The molecule has 3 aromatic rings. The van der Waals surface area contributed by atoms with Gasteiger partial charge in [-0.1, -0.05) is 18.2 Å². The number of carbonyl (C=O) groups excluding carboxylic acids is 1. The molecule has 3 N–H and O–H groups in total. The molecule has 0 saturated carbocycles. The van der Waals surface area contributed by atoms with Gasteiger partial charge in [0.1, 0.15) is 12.4 Å². The molecule has 0 fully saturated rings. The highest BCUT2D eigenvalue weighted by Crippen LogP contribution is 2.33. The molecule has 1 aromatic heterocycles. The van der Waals surface area contributed by atoms with Gasteiger partial charge >= 0.3 is 0 Å². The number of ether oxygens (including phenoxy) is 1. The van der Waals surface area contributed by atoms with E-state index in [4.69, 9.17) is 14.9 Å². The van der Waals surface area contributed by atoms with Crippen LogP contribution in [0.1, 0.15) is 28.6 Å². The summed E-state index contributed by atoms with van der Waals surface area (Å²) < 4.78 is 11.0. The highest BCUT2D eigenvalue weighted by molar-refractivity contribution is 6.03. The maximum absolute atomic E-state index is 12.8. The van der Waals surface area contributed by atoms with Gasteiger partial charge in [-0.05, 0) is 55.3 Å². The topological polar surface area (TPSA) is 80.7 Å². The first-order chi connectivity index (χ1) is 14.2. The summed E-state index contributed by atoms with van der Waals surface area (Å²) in [6.45, 7) is 3.75. The molecule has 29 heavy (non-hydrogen) atoms. The molecule has 6 heteroatoms. The molecule has 150 valence electrons. The lowest BCUT2D eigenvalue weighted by Crippen LogP contribution is -2.29. The number of furan rings is 1. The van der Waals surface area contributed by atoms with Crippen LogP contribution in [0, 0.1) is 0 Å². The van der Waals surface area contributed by atoms with Gasteiger partial charge in [-0.2, -0.15) is 0 Å². The summed E-state index contributed by atoms with van der Waals surface area (Å²) in [7, 11) is 0. The van der Waals surface area contributed by atoms with Crippen LogP contribution in [0.25, 0.3) is 0 Å². The van der Waals surface area contributed by atoms with Gasteiger partial charge in [-0.15, -0.1) is 0 Å². The fourth-order valence-corrected chi connectivity index (χ4v) is 3.71. The van der Waals surface area contributed by atoms with Crippen molar-refractivity contribution in [3.63, 3.8) is 0 Å². The zero-order valence-corrected chi connectivity index (χ0v) is 16.4. The van der Waals surface area contributed by atoms with Gasteiger partial charge in [0.2, 0.25) is 0 Å². The first kappa shape index (κ1) is 19.1. The van der Waals surface area contributed by atoms with Crippen LogP contribution in [-0.4, -0.2) is 25.1 Å². The number of benzene rings is 2. The second-order valence-corrected chi connectivity index (χ2v) is 7.20. The summed E-state index contributed by atoms with van der Waals surface area (Å²) >= 11 is 0. The van der Waals surface area contributed by atoms with E-state index in [1.807, 2.05) is 12.1 Å². The number of fused-ring (bicyclic) bond motifs is 1. The lowest BCUT2D eigenvalue weighted by atomic mass is 10.1. The second kappa shape index (κ2) is 8.41. The van der Waals surface area contributed by atoms with E-state index < -0.39 is 0 Å². The molecular weight excluding hydrogens is 366 g/mol. The number of nitrogens with zero attached hydrogens (tertiary/aromatic N) is 1. The number of hydrogen-bond donors (Lipinski definition) is 2. The monoisotopic (exact) mass is 391 g/mol. The number of hydrogen-bond acceptors (Lipinski definition) is 5. The number of para-hydroxylation sites is 1. The Labute approximate surface area is 170 Å². The molecule has 1 amide bonds. The van der Waals surface area contributed by atoms with Gasteiger partial charge in [0.25, 0.3) is 5.91 Å². The summed E-state index contributed by atoms with van der Waals surface area (Å²) in [5, 5.41) is 2.89. The molecule has 1 atom stereocenters. The third kappa shape index (κ3) is 4.12. The molecule has 0 radical (unpaired) electrons. The van der Waals surface area contributed by atoms with Crippen LogP contribution in [0.2, 0.25) is 0 Å². The van der Waals surface area contributed by atoms with E-state index in [2.05, 4.69) is 35.3 Å². The minimum atomic E-state index is -0.263. The van der Waals surface area contributed by atoms with Crippen molar-refractivity contribution in [3.05, 3.63) is 77.7 Å². The molecule has 4 rings (SSSR count). The summed E-state index contributed by atoms with van der Waals surface area (Å²) in [4.78, 5) is 15.1. The van der Waals surface area contributed by atoms with Crippen molar-refractivity contribution in [2.24, 2.45) is 5.73 Å². The van der Waals surface area contributed by atoms with Gasteiger partial charge in [0, 0.05) is 36.1 Å². The van der Waals surface area contributed by atoms with E-state index in [-0.39, 0.29) is 5.91 Å². The standard InChI is InChI=1S/C23H25N3O3/c1-16-14-17-4-2-3-5-21(17)26(16)15-18-10-12-29-22(18)23(27)25-19-6-8-20(9-7-19)28-13-11-24/h2-10,12,16H,11,13-15,24H2,1H3,(H,25,27). The first-order valence-electron chi connectivity index (χ1n) is 9.81. The molecule has 2 aromatic carbocycles. The number of carbonyl (C=O) groups is 1. The predicted molar refractivity (Wildman–Crippen MR) is 113 cm³/mol. The van der Waals surface area contributed by atoms with Crippen molar-refractivity contribution in [2.45, 2.75) is 25.9 Å². The Morgan fingerprint density at radius 2 is 2.00 bits per heavy atom. The molecule has 0 aliphatic carbocycles. The predicted octanol–water partition coefficient (Wildman–Crippen LogP) is 3.82. The van der Waals surface area contributed by atoms with E-state index in [0.29, 0.717) is 42.9 Å². The van der Waals surface area contributed by atoms with Crippen LogP contribution in [0.3, 0.4) is 0 Å². The van der Waals surface area contributed by atoms with Gasteiger partial charge in [0.05, 0.1) is 6.26 Å². The smallest absolute Gasteiger partial charge is 0.291 e. The number of rotatable bonds is 7. The van der Waals surface area contributed by atoms with Crippen molar-refractivity contribution >= 4 is 17.3 Å². The van der Waals surface area contributed by atoms with Crippen molar-refractivity contribution < 1.29 is 13.9 Å². The third-order valence-corrected chi connectivity index (χ3v) is 5.14. The number of anilines is 2. The summed E-state index contributed by atoms with van der Waals surface area (Å²) in [6.07, 6.45) is 2.58. The lowest BCUT2D eigenvalue weighted by molar-refractivity contribution is 0.0995. The van der Waals surface area contributed by atoms with E-state index >= 15 is 0 Å². The van der Waals surface area contributed by atoms with Gasteiger partial charge in [-0.25, -0.2) is 0 Å². The minimum absolute atomic E-state index is 0.263. The van der Waals surface area contributed by atoms with Crippen LogP contribution in [0.4, 0.5) is 11.4 Å². The van der Waals surface area contributed by atoms with Crippen molar-refractivity contribution in [1.29, 1.82) is 0 Å². The summed E-state index contributed by atoms with van der Waals surface area (Å²) in [5.41, 5.74) is 9.55. The molecular formula is C23H25N3O3. The molecule has 1 aliphatic heterocycles. The first-order valence-corrected chi connectivity index (χ1v) is 9.81. The minimum Gasteiger partial charge on any atom is -0.492 e. The fraction of sp³-hybridized carbons (Fsp3) is 0.261. The normalized spacial score (nSPS) is 15.2. The van der Waals surface area contributed by atoms with E-state index in [9.17, 15) is 4.79 Å². The molecule has 6 nitrogen and oxygen atoms in total. The Morgan fingerprint density at radius 1 is 1.21 bits per heavy atom. The second-order valence-electron chi connectivity index (χ2n) is 7.20. The van der Waals surface area contributed by atoms with Gasteiger partial charge < -0.3 is 25.1 Å². The van der Waals surface area contributed by atoms with Gasteiger partial charge in [-0.3, -0.25) is 4.79 Å². The zero-order chi connectivity index (χ0) is 20.2. The third-order valence-electron chi connectivity index (χ3n) is 5.14. The average molecular weight is 391 g/mol. The molecule has 1 unspecified atom stereocenters. The van der Waals surface area contributed by atoms with Crippen LogP contribution < -0.4 is 20.7 Å². The molecule has 0 saturated heterocycles. The van der Waals surface area contributed by atoms with Crippen molar-refractivity contribution in [2.75, 3.05) is 23.4 Å². The van der Waals surface area contributed by atoms with Crippen molar-refractivity contribution in [3.8, 4) is 5.75 Å². The summed E-state index contributed by atoms with van der Waals surface area (Å²) in [5.74, 6) is 0.791. The lowest BCUT2D eigenvalue weighted by Gasteiger charge is -2.24. The Kier molecular flexibility index (Phi) is 5.53. The molecule has 0 spiro atoms. The Bertz CT molecular complexity index is 981. The highest BCUT2D eigenvalue weighted by atomic mass is 16.5. The number of nitrogens with two attached hydrogens (primary N) is 1. The Balaban J connectivity index is 1.46. The van der Waals surface area contributed by atoms with E-state index in [0.717, 1.165) is 12.0 Å². The SMILES string of the molecule is CC1Cc2ccccc2N1Cc1ccoc1C(=O)Nc1ccc(OCCN)cc1. The quantitative estimate of drug-likeness (QED) is 0.640.